The van der Waals surface area contributed by atoms with Gasteiger partial charge in [0.15, 0.2) is 0 Å². The van der Waals surface area contributed by atoms with Crippen molar-refractivity contribution in [2.75, 3.05) is 32.8 Å². The molecule has 1 amide bonds. The highest BCUT2D eigenvalue weighted by molar-refractivity contribution is 5.76. The Hall–Kier alpha value is -1.47. The van der Waals surface area contributed by atoms with Crippen LogP contribution < -0.4 is 5.32 Å². The number of hydrogen-bond acceptors (Lipinski definition) is 5. The highest BCUT2D eigenvalue weighted by atomic mass is 16.5. The molecule has 0 spiro atoms. The molecule has 1 fully saturated rings. The monoisotopic (exact) mass is 295 g/mol. The highest BCUT2D eigenvalue weighted by Gasteiger charge is 2.17. The van der Waals surface area contributed by atoms with Gasteiger partial charge in [-0.25, -0.2) is 4.98 Å². The molecule has 1 aliphatic rings. The number of ether oxygens (including phenoxy) is 1. The van der Waals surface area contributed by atoms with Gasteiger partial charge in [-0.1, -0.05) is 6.92 Å². The van der Waals surface area contributed by atoms with Crippen LogP contribution in [-0.4, -0.2) is 58.4 Å². The van der Waals surface area contributed by atoms with Crippen molar-refractivity contribution in [3.63, 3.8) is 0 Å². The number of nitrogens with one attached hydrogen (secondary N) is 1. The molecule has 21 heavy (non-hydrogen) atoms. The number of morpholine rings is 1. The van der Waals surface area contributed by atoms with Crippen LogP contribution in [0.25, 0.3) is 0 Å². The minimum Gasteiger partial charge on any atom is -0.379 e. The normalized spacial score (nSPS) is 17.6. The summed E-state index contributed by atoms with van der Waals surface area (Å²) < 4.78 is 7.02. The SMILES string of the molecule is CC[C@H](NC(=O)CCCN1CCOCC1)c1ncnn1C. The van der Waals surface area contributed by atoms with E-state index in [1.165, 1.54) is 6.33 Å². The van der Waals surface area contributed by atoms with Gasteiger partial charge in [-0.05, 0) is 19.4 Å². The average Bonchev–Trinajstić information content (AvgIpc) is 2.92. The van der Waals surface area contributed by atoms with Gasteiger partial charge in [-0.2, -0.15) is 5.10 Å². The molecule has 0 saturated carbocycles. The summed E-state index contributed by atoms with van der Waals surface area (Å²) in [4.78, 5) is 18.6. The van der Waals surface area contributed by atoms with Crippen LogP contribution in [-0.2, 0) is 16.6 Å². The lowest BCUT2D eigenvalue weighted by molar-refractivity contribution is -0.122. The van der Waals surface area contributed by atoms with Crippen molar-refractivity contribution in [1.82, 2.24) is 25.0 Å². The van der Waals surface area contributed by atoms with Crippen molar-refractivity contribution < 1.29 is 9.53 Å². The summed E-state index contributed by atoms with van der Waals surface area (Å²) in [6.45, 7) is 6.54. The quantitative estimate of drug-likeness (QED) is 0.793. The van der Waals surface area contributed by atoms with Crippen molar-refractivity contribution in [3.8, 4) is 0 Å². The van der Waals surface area contributed by atoms with E-state index in [0.717, 1.165) is 51.5 Å². The molecule has 0 unspecified atom stereocenters. The molecule has 7 heteroatoms. The topological polar surface area (TPSA) is 72.3 Å². The second kappa shape index (κ2) is 8.09. The van der Waals surface area contributed by atoms with Crippen LogP contribution in [0.3, 0.4) is 0 Å². The predicted molar refractivity (Wildman–Crippen MR) is 78.7 cm³/mol. The summed E-state index contributed by atoms with van der Waals surface area (Å²) in [5.74, 6) is 0.886. The summed E-state index contributed by atoms with van der Waals surface area (Å²) >= 11 is 0. The number of carbonyl (C=O) groups is 1. The second-order valence-corrected chi connectivity index (χ2v) is 5.33. The summed E-state index contributed by atoms with van der Waals surface area (Å²) in [5, 5.41) is 7.09. The molecule has 0 bridgehead atoms. The largest absolute Gasteiger partial charge is 0.379 e. The van der Waals surface area contributed by atoms with Gasteiger partial charge in [0.1, 0.15) is 12.2 Å². The van der Waals surface area contributed by atoms with Crippen LogP contribution in [0.5, 0.6) is 0 Å². The first-order valence-electron chi connectivity index (χ1n) is 7.64. The molecule has 1 N–H and O–H groups in total. The first-order chi connectivity index (χ1) is 10.2. The Balaban J connectivity index is 1.71. The molecule has 7 nitrogen and oxygen atoms in total. The van der Waals surface area contributed by atoms with Gasteiger partial charge < -0.3 is 10.1 Å². The molecule has 1 aromatic rings. The first kappa shape index (κ1) is 15.9. The number of aromatic nitrogens is 3. The Morgan fingerprint density at radius 1 is 1.48 bits per heavy atom. The predicted octanol–water partition coefficient (Wildman–Crippen LogP) is 0.495. The van der Waals surface area contributed by atoms with E-state index >= 15 is 0 Å². The van der Waals surface area contributed by atoms with Gasteiger partial charge in [-0.3, -0.25) is 14.4 Å². The van der Waals surface area contributed by atoms with E-state index in [9.17, 15) is 4.79 Å². The minimum atomic E-state index is -0.0617. The average molecular weight is 295 g/mol. The van der Waals surface area contributed by atoms with Crippen molar-refractivity contribution in [1.29, 1.82) is 0 Å². The third-order valence-electron chi connectivity index (χ3n) is 3.78. The van der Waals surface area contributed by atoms with Crippen molar-refractivity contribution in [2.45, 2.75) is 32.2 Å². The number of hydrogen-bond donors (Lipinski definition) is 1. The molecule has 118 valence electrons. The Bertz CT molecular complexity index is 442. The summed E-state index contributed by atoms with van der Waals surface area (Å²) in [5.41, 5.74) is 0. The standard InChI is InChI=1S/C14H25N5O2/c1-3-12(14-15-11-16-18(14)2)17-13(20)5-4-6-19-7-9-21-10-8-19/h11-12H,3-10H2,1-2H3,(H,17,20)/t12-/m0/s1. The Kier molecular flexibility index (Phi) is 6.13. The lowest BCUT2D eigenvalue weighted by atomic mass is 10.2. The molecular formula is C14H25N5O2. The maximum Gasteiger partial charge on any atom is 0.220 e. The van der Waals surface area contributed by atoms with Crippen LogP contribution in [0.15, 0.2) is 6.33 Å². The third-order valence-corrected chi connectivity index (χ3v) is 3.78. The molecule has 1 aromatic heterocycles. The van der Waals surface area contributed by atoms with Crippen molar-refractivity contribution >= 4 is 5.91 Å². The lowest BCUT2D eigenvalue weighted by Gasteiger charge is -2.26. The molecule has 2 rings (SSSR count). The molecule has 0 aromatic carbocycles. The fourth-order valence-corrected chi connectivity index (χ4v) is 2.52. The Morgan fingerprint density at radius 3 is 2.86 bits per heavy atom. The smallest absolute Gasteiger partial charge is 0.220 e. The van der Waals surface area contributed by atoms with Gasteiger partial charge in [0.2, 0.25) is 5.91 Å². The third kappa shape index (κ3) is 4.78. The van der Waals surface area contributed by atoms with E-state index in [4.69, 9.17) is 4.74 Å². The molecule has 0 aliphatic carbocycles. The molecule has 1 atom stereocenters. The zero-order valence-electron chi connectivity index (χ0n) is 12.9. The van der Waals surface area contributed by atoms with Gasteiger partial charge in [0, 0.05) is 26.6 Å². The summed E-state index contributed by atoms with van der Waals surface area (Å²) in [7, 11) is 1.84. The van der Waals surface area contributed by atoms with Crippen LogP contribution in [0.1, 0.15) is 38.1 Å². The zero-order valence-corrected chi connectivity index (χ0v) is 12.9. The number of aryl methyl sites for hydroxylation is 1. The fourth-order valence-electron chi connectivity index (χ4n) is 2.52. The van der Waals surface area contributed by atoms with E-state index in [1.54, 1.807) is 4.68 Å². The number of nitrogens with zero attached hydrogens (tertiary/aromatic N) is 4. The Labute approximate surface area is 125 Å². The molecular weight excluding hydrogens is 270 g/mol. The van der Waals surface area contributed by atoms with E-state index < -0.39 is 0 Å². The van der Waals surface area contributed by atoms with Crippen LogP contribution in [0.2, 0.25) is 0 Å². The molecule has 2 heterocycles. The fraction of sp³-hybridized carbons (Fsp3) is 0.786. The van der Waals surface area contributed by atoms with Gasteiger partial charge in [0.25, 0.3) is 0 Å². The maximum atomic E-state index is 12.0. The highest BCUT2D eigenvalue weighted by Crippen LogP contribution is 2.13. The Morgan fingerprint density at radius 2 is 2.24 bits per heavy atom. The molecule has 1 aliphatic heterocycles. The van der Waals surface area contributed by atoms with Crippen LogP contribution >= 0.6 is 0 Å². The van der Waals surface area contributed by atoms with Gasteiger partial charge >= 0.3 is 0 Å². The van der Waals surface area contributed by atoms with Gasteiger partial charge in [0.05, 0.1) is 19.3 Å². The van der Waals surface area contributed by atoms with E-state index in [0.29, 0.717) is 6.42 Å². The van der Waals surface area contributed by atoms with Crippen molar-refractivity contribution in [2.24, 2.45) is 7.05 Å². The van der Waals surface area contributed by atoms with Crippen LogP contribution in [0, 0.1) is 0 Å². The first-order valence-corrected chi connectivity index (χ1v) is 7.64. The van der Waals surface area contributed by atoms with Gasteiger partial charge in [-0.15, -0.1) is 0 Å². The van der Waals surface area contributed by atoms with Crippen LogP contribution in [0.4, 0.5) is 0 Å². The van der Waals surface area contributed by atoms with E-state index in [-0.39, 0.29) is 11.9 Å². The summed E-state index contributed by atoms with van der Waals surface area (Å²) in [6.07, 6.45) is 3.75. The number of rotatable bonds is 7. The molecule has 1 saturated heterocycles. The lowest BCUT2D eigenvalue weighted by Crippen LogP contribution is -2.37. The maximum absolute atomic E-state index is 12.0. The zero-order chi connectivity index (χ0) is 15.1. The van der Waals surface area contributed by atoms with E-state index in [1.807, 2.05) is 14.0 Å². The second-order valence-electron chi connectivity index (χ2n) is 5.33. The van der Waals surface area contributed by atoms with Crippen molar-refractivity contribution in [3.05, 3.63) is 12.2 Å². The minimum absolute atomic E-state index is 0.0617. The number of carbonyl (C=O) groups excluding carboxylic acids is 1. The summed E-state index contributed by atoms with van der Waals surface area (Å²) in [6, 6.07) is -0.0617. The number of amides is 1. The van der Waals surface area contributed by atoms with E-state index in [2.05, 4.69) is 20.3 Å². The molecule has 0 radical (unpaired) electrons.